The summed E-state index contributed by atoms with van der Waals surface area (Å²) in [6.45, 7) is 6.26. The minimum absolute atomic E-state index is 0.197. The maximum absolute atomic E-state index is 13.5. The molecule has 4 amide bonds. The molecule has 2 fully saturated rings. The van der Waals surface area contributed by atoms with Crippen LogP contribution in [0.5, 0.6) is 17.2 Å². The number of aromatic nitrogens is 1. The normalized spacial score (nSPS) is 16.3. The Morgan fingerprint density at radius 3 is 2.18 bits per heavy atom. The number of carbonyl (C=O) groups is 4. The van der Waals surface area contributed by atoms with E-state index in [0.29, 0.717) is 58.9 Å². The molecule has 12 nitrogen and oxygen atoms in total. The number of nitrogens with zero attached hydrogens (tertiary/aromatic N) is 2. The van der Waals surface area contributed by atoms with Crippen LogP contribution in [0.2, 0.25) is 0 Å². The van der Waals surface area contributed by atoms with Crippen LogP contribution >= 0.6 is 0 Å². The summed E-state index contributed by atoms with van der Waals surface area (Å²) in [6, 6.07) is 16.8. The third-order valence-electron chi connectivity index (χ3n) is 8.83. The Bertz CT molecular complexity index is 1960. The molecule has 1 saturated carbocycles. The van der Waals surface area contributed by atoms with Crippen LogP contribution in [-0.4, -0.2) is 65.5 Å². The van der Waals surface area contributed by atoms with Gasteiger partial charge in [-0.1, -0.05) is 0 Å². The van der Waals surface area contributed by atoms with Crippen molar-refractivity contribution in [3.63, 3.8) is 0 Å². The van der Waals surface area contributed by atoms with Crippen LogP contribution in [-0.2, 0) is 14.3 Å². The van der Waals surface area contributed by atoms with E-state index in [1.165, 1.54) is 31.4 Å². The van der Waals surface area contributed by atoms with Gasteiger partial charge in [0, 0.05) is 42.1 Å². The van der Waals surface area contributed by atoms with E-state index in [9.17, 15) is 23.6 Å². The molecule has 4 aromatic rings. The fourth-order valence-electron chi connectivity index (χ4n) is 5.95. The predicted molar refractivity (Wildman–Crippen MR) is 188 cm³/mol. The molecule has 1 atom stereocenters. The lowest BCUT2D eigenvalue weighted by Gasteiger charge is -2.28. The first-order valence-electron chi connectivity index (χ1n) is 16.8. The summed E-state index contributed by atoms with van der Waals surface area (Å²) in [4.78, 5) is 58.3. The minimum Gasteiger partial charge on any atom is -0.496 e. The number of halogens is 1. The number of likely N-dealkylation sites (tertiary alicyclic amines) is 1. The molecule has 13 heteroatoms. The quantitative estimate of drug-likeness (QED) is 0.156. The van der Waals surface area contributed by atoms with Crippen molar-refractivity contribution in [3.8, 4) is 17.2 Å². The van der Waals surface area contributed by atoms with Gasteiger partial charge in [0.1, 0.15) is 34.1 Å². The number of hydrogen-bond donors (Lipinski definition) is 3. The molecule has 2 heterocycles. The molecule has 0 radical (unpaired) electrons. The second kappa shape index (κ2) is 14.3. The Morgan fingerprint density at radius 1 is 0.922 bits per heavy atom. The van der Waals surface area contributed by atoms with Crippen molar-refractivity contribution in [2.45, 2.75) is 58.1 Å². The van der Waals surface area contributed by atoms with Gasteiger partial charge in [-0.3, -0.25) is 19.4 Å². The van der Waals surface area contributed by atoms with E-state index in [1.54, 1.807) is 53.6 Å². The van der Waals surface area contributed by atoms with Gasteiger partial charge in [0.05, 0.1) is 24.2 Å². The van der Waals surface area contributed by atoms with Crippen molar-refractivity contribution < 1.29 is 37.8 Å². The van der Waals surface area contributed by atoms with Crippen molar-refractivity contribution >= 4 is 46.1 Å². The fraction of sp³-hybridized carbons (Fsp3) is 0.342. The summed E-state index contributed by atoms with van der Waals surface area (Å²) in [5, 5.41) is 9.03. The Balaban J connectivity index is 1.12. The number of nitrogens with one attached hydrogen (secondary N) is 3. The maximum atomic E-state index is 13.5. The first-order valence-corrected chi connectivity index (χ1v) is 16.8. The average molecular weight is 698 g/mol. The van der Waals surface area contributed by atoms with Gasteiger partial charge in [0.25, 0.3) is 5.91 Å². The summed E-state index contributed by atoms with van der Waals surface area (Å²) < 4.78 is 30.5. The highest BCUT2D eigenvalue weighted by Gasteiger charge is 2.56. The van der Waals surface area contributed by atoms with Gasteiger partial charge in [-0.15, -0.1) is 0 Å². The third-order valence-corrected chi connectivity index (χ3v) is 8.83. The number of hydrogen-bond acceptors (Lipinski definition) is 8. The second-order valence-corrected chi connectivity index (χ2v) is 13.7. The summed E-state index contributed by atoms with van der Waals surface area (Å²) in [5.41, 5.74) is -0.105. The average Bonchev–Trinajstić information content (AvgIpc) is 3.79. The summed E-state index contributed by atoms with van der Waals surface area (Å²) in [6.07, 6.45) is 3.55. The third kappa shape index (κ3) is 8.03. The zero-order valence-corrected chi connectivity index (χ0v) is 28.9. The van der Waals surface area contributed by atoms with E-state index in [2.05, 4.69) is 20.9 Å². The molecule has 0 unspecified atom stereocenters. The highest BCUT2D eigenvalue weighted by Crippen LogP contribution is 2.47. The summed E-state index contributed by atoms with van der Waals surface area (Å²) in [7, 11) is 1.48. The molecule has 51 heavy (non-hydrogen) atoms. The zero-order valence-electron chi connectivity index (χ0n) is 28.9. The van der Waals surface area contributed by atoms with Gasteiger partial charge >= 0.3 is 6.09 Å². The van der Waals surface area contributed by atoms with Crippen LogP contribution in [0.1, 0.15) is 56.8 Å². The number of carbonyl (C=O) groups excluding carboxylic acids is 4. The zero-order chi connectivity index (χ0) is 36.3. The number of methoxy groups -OCH3 is 1. The molecule has 266 valence electrons. The van der Waals surface area contributed by atoms with Crippen molar-refractivity contribution in [1.82, 2.24) is 15.2 Å². The van der Waals surface area contributed by atoms with Crippen LogP contribution in [0.15, 0.2) is 72.9 Å². The topological polar surface area (TPSA) is 148 Å². The highest BCUT2D eigenvalue weighted by atomic mass is 19.1. The van der Waals surface area contributed by atoms with Crippen LogP contribution in [0, 0.1) is 11.2 Å². The Morgan fingerprint density at radius 2 is 1.57 bits per heavy atom. The standard InChI is InChI=1S/C38H40FN5O7/c1-37(2,3)51-36(48)44-19-5-6-26(44)22-41-33(45)29-20-28-30(21-32(29)49-4)40-18-15-31(28)50-27-13-11-25(12-14-27)43-35(47)38(16-17-38)34(46)42-24-9-7-23(39)8-10-24/h7-15,18,20-21,26H,5-6,16-17,19,22H2,1-4H3,(H,41,45)(H,42,46)(H,43,47)/t26-/m1/s1. The first-order chi connectivity index (χ1) is 24.3. The van der Waals surface area contributed by atoms with E-state index in [0.717, 1.165) is 12.8 Å². The molecule has 6 rings (SSSR count). The van der Waals surface area contributed by atoms with E-state index in [-0.39, 0.29) is 24.1 Å². The molecule has 1 aliphatic heterocycles. The molecule has 1 aromatic heterocycles. The van der Waals surface area contributed by atoms with Crippen molar-refractivity contribution in [2.75, 3.05) is 30.8 Å². The van der Waals surface area contributed by atoms with Gasteiger partial charge < -0.3 is 35.1 Å². The van der Waals surface area contributed by atoms with Gasteiger partial charge in [0.15, 0.2) is 0 Å². The molecule has 0 bridgehead atoms. The molecule has 0 spiro atoms. The fourth-order valence-corrected chi connectivity index (χ4v) is 5.95. The predicted octanol–water partition coefficient (Wildman–Crippen LogP) is 6.66. The second-order valence-electron chi connectivity index (χ2n) is 13.7. The lowest BCUT2D eigenvalue weighted by molar-refractivity contribution is -0.131. The number of rotatable bonds is 10. The number of anilines is 2. The van der Waals surface area contributed by atoms with Gasteiger partial charge in [-0.2, -0.15) is 0 Å². The summed E-state index contributed by atoms with van der Waals surface area (Å²) >= 11 is 0. The van der Waals surface area contributed by atoms with Crippen LogP contribution < -0.4 is 25.4 Å². The van der Waals surface area contributed by atoms with Gasteiger partial charge in [-0.05, 0) is 107 Å². The Hall–Kier alpha value is -5.72. The highest BCUT2D eigenvalue weighted by molar-refractivity contribution is 6.17. The molecule has 3 aromatic carbocycles. The lowest BCUT2D eigenvalue weighted by Crippen LogP contribution is -2.45. The monoisotopic (exact) mass is 697 g/mol. The number of benzene rings is 3. The molecular weight excluding hydrogens is 657 g/mol. The first kappa shape index (κ1) is 35.1. The largest absolute Gasteiger partial charge is 0.496 e. The van der Waals surface area contributed by atoms with Crippen molar-refractivity contribution in [1.29, 1.82) is 0 Å². The lowest BCUT2D eigenvalue weighted by atomic mass is 10.0. The van der Waals surface area contributed by atoms with E-state index < -0.39 is 34.7 Å². The number of ether oxygens (including phenoxy) is 3. The van der Waals surface area contributed by atoms with Crippen LogP contribution in [0.25, 0.3) is 10.9 Å². The van der Waals surface area contributed by atoms with E-state index >= 15 is 0 Å². The maximum Gasteiger partial charge on any atom is 0.410 e. The van der Waals surface area contributed by atoms with E-state index in [4.69, 9.17) is 14.2 Å². The van der Waals surface area contributed by atoms with Crippen molar-refractivity contribution in [3.05, 3.63) is 84.3 Å². The molecule has 3 N–H and O–H groups in total. The molecule has 1 aliphatic carbocycles. The number of fused-ring (bicyclic) bond motifs is 1. The van der Waals surface area contributed by atoms with Gasteiger partial charge in [0.2, 0.25) is 11.8 Å². The smallest absolute Gasteiger partial charge is 0.410 e. The Kier molecular flexibility index (Phi) is 9.82. The van der Waals surface area contributed by atoms with E-state index in [1.807, 2.05) is 20.8 Å². The number of amides is 4. The summed E-state index contributed by atoms with van der Waals surface area (Å²) in [5.74, 6) is -0.437. The van der Waals surface area contributed by atoms with Gasteiger partial charge in [-0.25, -0.2) is 9.18 Å². The SMILES string of the molecule is COc1cc2nccc(Oc3ccc(NC(=O)C4(C(=O)Nc5ccc(F)cc5)CC4)cc3)c2cc1C(=O)NC[C@H]1CCCN1C(=O)OC(C)(C)C. The van der Waals surface area contributed by atoms with Crippen LogP contribution in [0.4, 0.5) is 20.6 Å². The van der Waals surface area contributed by atoms with Crippen LogP contribution in [0.3, 0.4) is 0 Å². The molecule has 1 saturated heterocycles. The Labute approximate surface area is 294 Å². The minimum atomic E-state index is -1.20. The molecular formula is C38H40FN5O7. The molecule has 2 aliphatic rings. The van der Waals surface area contributed by atoms with Crippen molar-refractivity contribution in [2.24, 2.45) is 5.41 Å². The number of pyridine rings is 1.